The summed E-state index contributed by atoms with van der Waals surface area (Å²) in [5, 5.41) is 4.13. The monoisotopic (exact) mass is 183 g/mol. The summed E-state index contributed by atoms with van der Waals surface area (Å²) in [5.41, 5.74) is 6.27. The molecule has 3 nitrogen and oxygen atoms in total. The van der Waals surface area contributed by atoms with Crippen LogP contribution in [0.3, 0.4) is 0 Å². The number of nitrogens with zero attached hydrogens (tertiary/aromatic N) is 2. The molecule has 0 atom stereocenters. The summed E-state index contributed by atoms with van der Waals surface area (Å²) in [6.45, 7) is 5.19. The van der Waals surface area contributed by atoms with Crippen molar-refractivity contribution in [3.8, 4) is 0 Å². The Morgan fingerprint density at radius 3 is 2.83 bits per heavy atom. The van der Waals surface area contributed by atoms with Crippen molar-refractivity contribution in [3.63, 3.8) is 0 Å². The van der Waals surface area contributed by atoms with Gasteiger partial charge < -0.3 is 5.73 Å². The lowest BCUT2D eigenvalue weighted by atomic mass is 10.2. The van der Waals surface area contributed by atoms with E-state index in [9.17, 15) is 0 Å². The zero-order valence-corrected chi connectivity index (χ0v) is 8.14. The van der Waals surface area contributed by atoms with Gasteiger partial charge in [-0.2, -0.15) is 5.10 Å². The molecule has 0 aliphatic carbocycles. The van der Waals surface area contributed by atoms with Crippen molar-refractivity contribution >= 4 is 17.2 Å². The second-order valence-corrected chi connectivity index (χ2v) is 3.65. The third kappa shape index (κ3) is 2.30. The summed E-state index contributed by atoms with van der Waals surface area (Å²) in [7, 11) is 0. The number of hydrogen-bond acceptors (Lipinski definition) is 2. The number of thiocarbonyl (C=S) groups is 1. The number of nitrogens with two attached hydrogens (primary N) is 1. The molecule has 0 aliphatic rings. The fourth-order valence-corrected chi connectivity index (χ4v) is 1.07. The van der Waals surface area contributed by atoms with Crippen molar-refractivity contribution in [1.29, 1.82) is 0 Å². The lowest BCUT2D eigenvalue weighted by molar-refractivity contribution is 0.483. The van der Waals surface area contributed by atoms with Gasteiger partial charge in [-0.25, -0.2) is 0 Å². The maximum atomic E-state index is 5.44. The highest BCUT2D eigenvalue weighted by Crippen LogP contribution is 2.01. The van der Waals surface area contributed by atoms with Gasteiger partial charge in [0.15, 0.2) is 0 Å². The quantitative estimate of drug-likeness (QED) is 0.715. The van der Waals surface area contributed by atoms with Gasteiger partial charge >= 0.3 is 0 Å². The Morgan fingerprint density at radius 1 is 1.75 bits per heavy atom. The van der Waals surface area contributed by atoms with Crippen LogP contribution in [0.25, 0.3) is 0 Å². The van der Waals surface area contributed by atoms with Crippen molar-refractivity contribution in [3.05, 3.63) is 18.0 Å². The molecule has 1 aromatic heterocycles. The molecule has 0 aromatic carbocycles. The summed E-state index contributed by atoms with van der Waals surface area (Å²) in [5.74, 6) is 0.587. The van der Waals surface area contributed by atoms with Gasteiger partial charge in [0.25, 0.3) is 0 Å². The zero-order chi connectivity index (χ0) is 9.14. The first-order chi connectivity index (χ1) is 5.59. The zero-order valence-electron chi connectivity index (χ0n) is 7.32. The molecule has 0 radical (unpaired) electrons. The first kappa shape index (κ1) is 9.19. The summed E-state index contributed by atoms with van der Waals surface area (Å²) >= 11 is 4.81. The minimum atomic E-state index is 0.407. The molecule has 1 aromatic rings. The van der Waals surface area contributed by atoms with E-state index >= 15 is 0 Å². The molecule has 0 unspecified atom stereocenters. The number of rotatable bonds is 3. The molecular weight excluding hydrogens is 170 g/mol. The molecule has 0 spiro atoms. The summed E-state index contributed by atoms with van der Waals surface area (Å²) < 4.78 is 1.86. The van der Waals surface area contributed by atoms with Gasteiger partial charge in [-0.15, -0.1) is 0 Å². The van der Waals surface area contributed by atoms with Gasteiger partial charge in [-0.3, -0.25) is 4.68 Å². The minimum Gasteiger partial charge on any atom is -0.389 e. The average molecular weight is 183 g/mol. The molecule has 1 rings (SSSR count). The second kappa shape index (κ2) is 3.67. The highest BCUT2D eigenvalue weighted by Gasteiger charge is 2.01. The molecule has 0 bridgehead atoms. The normalized spacial score (nSPS) is 10.6. The molecule has 2 N–H and O–H groups in total. The van der Waals surface area contributed by atoms with Crippen LogP contribution in [0.5, 0.6) is 0 Å². The van der Waals surface area contributed by atoms with Crippen molar-refractivity contribution in [1.82, 2.24) is 9.78 Å². The first-order valence-electron chi connectivity index (χ1n) is 3.92. The van der Waals surface area contributed by atoms with E-state index in [0.29, 0.717) is 10.9 Å². The summed E-state index contributed by atoms with van der Waals surface area (Å²) in [6, 6.07) is 0. The van der Waals surface area contributed by atoms with Crippen LogP contribution in [-0.2, 0) is 6.54 Å². The highest BCUT2D eigenvalue weighted by atomic mass is 32.1. The Hall–Kier alpha value is -0.900. The van der Waals surface area contributed by atoms with Gasteiger partial charge in [0.1, 0.15) is 4.99 Å². The second-order valence-electron chi connectivity index (χ2n) is 3.21. The van der Waals surface area contributed by atoms with Crippen LogP contribution in [0.4, 0.5) is 0 Å². The van der Waals surface area contributed by atoms with Gasteiger partial charge in [0.05, 0.1) is 6.20 Å². The maximum Gasteiger partial charge on any atom is 0.107 e. The molecule has 0 saturated heterocycles. The van der Waals surface area contributed by atoms with Gasteiger partial charge in [-0.1, -0.05) is 26.1 Å². The Bertz CT molecular complexity index is 278. The summed E-state index contributed by atoms with van der Waals surface area (Å²) in [6.07, 6.45) is 3.58. The number of hydrogen-bond donors (Lipinski definition) is 1. The van der Waals surface area contributed by atoms with Crippen LogP contribution >= 0.6 is 12.2 Å². The largest absolute Gasteiger partial charge is 0.389 e. The van der Waals surface area contributed by atoms with Crippen molar-refractivity contribution in [2.24, 2.45) is 11.7 Å². The van der Waals surface area contributed by atoms with Crippen LogP contribution in [0.15, 0.2) is 12.4 Å². The molecule has 0 amide bonds. The standard InChI is InChI=1S/C8H13N3S/c1-6(2)4-11-5-7(3-10-11)8(9)12/h3,5-6H,4H2,1-2H3,(H2,9,12). The predicted octanol–water partition coefficient (Wildman–Crippen LogP) is 1.17. The van der Waals surface area contributed by atoms with E-state index in [-0.39, 0.29) is 0 Å². The fourth-order valence-electron chi connectivity index (χ4n) is 0.965. The molecule has 12 heavy (non-hydrogen) atoms. The minimum absolute atomic E-state index is 0.407. The first-order valence-corrected chi connectivity index (χ1v) is 4.32. The van der Waals surface area contributed by atoms with E-state index in [1.54, 1.807) is 6.20 Å². The lowest BCUT2D eigenvalue weighted by Gasteiger charge is -2.02. The van der Waals surface area contributed by atoms with E-state index in [1.165, 1.54) is 0 Å². The molecular formula is C8H13N3S. The maximum absolute atomic E-state index is 5.44. The van der Waals surface area contributed by atoms with E-state index in [2.05, 4.69) is 18.9 Å². The van der Waals surface area contributed by atoms with Crippen LogP contribution in [0.2, 0.25) is 0 Å². The Balaban J connectivity index is 2.71. The van der Waals surface area contributed by atoms with Crippen molar-refractivity contribution < 1.29 is 0 Å². The van der Waals surface area contributed by atoms with E-state index < -0.39 is 0 Å². The predicted molar refractivity (Wildman–Crippen MR) is 53.0 cm³/mol. The third-order valence-corrected chi connectivity index (χ3v) is 1.71. The van der Waals surface area contributed by atoms with E-state index in [4.69, 9.17) is 18.0 Å². The molecule has 66 valence electrons. The Morgan fingerprint density at radius 2 is 2.42 bits per heavy atom. The molecule has 0 aliphatic heterocycles. The van der Waals surface area contributed by atoms with Crippen molar-refractivity contribution in [2.75, 3.05) is 0 Å². The topological polar surface area (TPSA) is 43.8 Å². The number of aromatic nitrogens is 2. The Labute approximate surface area is 77.6 Å². The third-order valence-electron chi connectivity index (χ3n) is 1.47. The molecule has 0 saturated carbocycles. The van der Waals surface area contributed by atoms with Crippen LogP contribution < -0.4 is 5.73 Å². The van der Waals surface area contributed by atoms with E-state index in [1.807, 2.05) is 10.9 Å². The van der Waals surface area contributed by atoms with Gasteiger partial charge in [-0.05, 0) is 5.92 Å². The Kier molecular flexibility index (Phi) is 2.81. The molecule has 4 heteroatoms. The van der Waals surface area contributed by atoms with Gasteiger partial charge in [0, 0.05) is 18.3 Å². The highest BCUT2D eigenvalue weighted by molar-refractivity contribution is 7.80. The average Bonchev–Trinajstić information content (AvgIpc) is 2.34. The smallest absolute Gasteiger partial charge is 0.107 e. The summed E-state index contributed by atoms with van der Waals surface area (Å²) in [4.78, 5) is 0.407. The molecule has 0 fully saturated rings. The SMILES string of the molecule is CC(C)Cn1cc(C(N)=S)cn1. The van der Waals surface area contributed by atoms with Crippen LogP contribution in [-0.4, -0.2) is 14.8 Å². The van der Waals surface area contributed by atoms with Crippen LogP contribution in [0.1, 0.15) is 19.4 Å². The van der Waals surface area contributed by atoms with Gasteiger partial charge in [0.2, 0.25) is 0 Å². The van der Waals surface area contributed by atoms with E-state index in [0.717, 1.165) is 12.1 Å². The van der Waals surface area contributed by atoms with Crippen LogP contribution in [0, 0.1) is 5.92 Å². The lowest BCUT2D eigenvalue weighted by Crippen LogP contribution is -2.08. The van der Waals surface area contributed by atoms with Crippen molar-refractivity contribution in [2.45, 2.75) is 20.4 Å². The molecule has 1 heterocycles. The fraction of sp³-hybridized carbons (Fsp3) is 0.500.